The van der Waals surface area contributed by atoms with Gasteiger partial charge in [0, 0.05) is 12.5 Å². The number of hydrogen-bond acceptors (Lipinski definition) is 8. The highest BCUT2D eigenvalue weighted by molar-refractivity contribution is 9.10. The zero-order valence-electron chi connectivity index (χ0n) is 18.8. The summed E-state index contributed by atoms with van der Waals surface area (Å²) in [5.41, 5.74) is -0.311. The van der Waals surface area contributed by atoms with Crippen LogP contribution in [0.25, 0.3) is 16.9 Å². The quantitative estimate of drug-likeness (QED) is 0.398. The van der Waals surface area contributed by atoms with Crippen LogP contribution in [0.5, 0.6) is 5.88 Å². The molecule has 0 aliphatic heterocycles. The van der Waals surface area contributed by atoms with Crippen molar-refractivity contribution < 1.29 is 18.7 Å². The Morgan fingerprint density at radius 3 is 2.68 bits per heavy atom. The van der Waals surface area contributed by atoms with Crippen LogP contribution in [-0.2, 0) is 12.2 Å². The molecule has 9 nitrogen and oxygen atoms in total. The molecule has 0 atom stereocenters. The first-order valence-electron chi connectivity index (χ1n) is 10.2. The first-order valence-corrected chi connectivity index (χ1v) is 11.0. The van der Waals surface area contributed by atoms with Crippen LogP contribution in [-0.4, -0.2) is 29.6 Å². The molecule has 176 valence electrons. The summed E-state index contributed by atoms with van der Waals surface area (Å²) in [6.07, 6.45) is 2.48. The van der Waals surface area contributed by atoms with Crippen LogP contribution in [0.1, 0.15) is 37.1 Å². The van der Waals surface area contributed by atoms with Crippen LogP contribution < -0.4 is 10.3 Å². The number of halogens is 2. The maximum atomic E-state index is 14.6. The molecule has 0 unspecified atom stereocenters. The Balaban J connectivity index is 1.72. The second-order valence-corrected chi connectivity index (χ2v) is 8.86. The summed E-state index contributed by atoms with van der Waals surface area (Å²) in [6.45, 7) is 6.49. The van der Waals surface area contributed by atoms with E-state index in [0.29, 0.717) is 28.7 Å². The maximum Gasteiger partial charge on any atom is 0.276 e. The van der Waals surface area contributed by atoms with Gasteiger partial charge in [0.05, 0.1) is 11.9 Å². The molecule has 1 aromatic carbocycles. The Morgan fingerprint density at radius 1 is 1.24 bits per heavy atom. The van der Waals surface area contributed by atoms with Crippen molar-refractivity contribution in [2.75, 3.05) is 0 Å². The van der Waals surface area contributed by atoms with Gasteiger partial charge in [-0.2, -0.15) is 4.98 Å². The predicted octanol–water partition coefficient (Wildman–Crippen LogP) is 4.00. The Labute approximate surface area is 202 Å². The number of benzene rings is 1. The van der Waals surface area contributed by atoms with E-state index in [9.17, 15) is 14.3 Å². The monoisotopic (exact) mass is 529 g/mol. The molecule has 4 aromatic rings. The molecule has 4 rings (SSSR count). The highest BCUT2D eigenvalue weighted by Crippen LogP contribution is 2.27. The van der Waals surface area contributed by atoms with Crippen LogP contribution in [0.15, 0.2) is 50.4 Å². The van der Waals surface area contributed by atoms with Gasteiger partial charge in [-0.3, -0.25) is 9.36 Å². The normalized spacial score (nSPS) is 11.6. The van der Waals surface area contributed by atoms with Gasteiger partial charge < -0.3 is 14.3 Å². The highest BCUT2D eigenvalue weighted by Gasteiger charge is 2.22. The van der Waals surface area contributed by atoms with Crippen molar-refractivity contribution in [1.29, 1.82) is 0 Å². The van der Waals surface area contributed by atoms with Gasteiger partial charge in [0.15, 0.2) is 17.5 Å². The van der Waals surface area contributed by atoms with Crippen LogP contribution in [0.2, 0.25) is 0 Å². The third kappa shape index (κ3) is 4.75. The smallest absolute Gasteiger partial charge is 0.276 e. The molecule has 3 aromatic heterocycles. The second-order valence-electron chi connectivity index (χ2n) is 8.06. The molecule has 3 heterocycles. The molecule has 0 saturated carbocycles. The summed E-state index contributed by atoms with van der Waals surface area (Å²) in [7, 11) is 0. The molecule has 11 heteroatoms. The van der Waals surface area contributed by atoms with E-state index >= 15 is 0 Å². The zero-order chi connectivity index (χ0) is 24.6. The molecular weight excluding hydrogens is 509 g/mol. The number of nitrogens with zero attached hydrogens (tertiary/aromatic N) is 5. The number of aryl methyl sites for hydroxylation is 2. The first kappa shape index (κ1) is 23.7. The molecule has 0 bridgehead atoms. The van der Waals surface area contributed by atoms with E-state index in [-0.39, 0.29) is 28.5 Å². The van der Waals surface area contributed by atoms with E-state index in [4.69, 9.17) is 9.15 Å². The van der Waals surface area contributed by atoms with Gasteiger partial charge in [0.25, 0.3) is 5.56 Å². The van der Waals surface area contributed by atoms with Gasteiger partial charge >= 0.3 is 0 Å². The lowest BCUT2D eigenvalue weighted by atomic mass is 10.1. The molecule has 0 radical (unpaired) electrons. The second kappa shape index (κ2) is 9.07. The number of aliphatic hydroxyl groups is 1. The minimum Gasteiger partial charge on any atom is -0.470 e. The fraction of sp³-hybridized carbons (Fsp3) is 0.261. The average Bonchev–Trinajstić information content (AvgIpc) is 3.20. The maximum absolute atomic E-state index is 14.6. The predicted molar refractivity (Wildman–Crippen MR) is 124 cm³/mol. The summed E-state index contributed by atoms with van der Waals surface area (Å²) >= 11 is 3.27. The van der Waals surface area contributed by atoms with Gasteiger partial charge in [0.1, 0.15) is 40.2 Å². The van der Waals surface area contributed by atoms with Crippen molar-refractivity contribution in [2.45, 2.75) is 39.9 Å². The Kier molecular flexibility index (Phi) is 6.32. The van der Waals surface area contributed by atoms with Gasteiger partial charge in [-0.05, 0) is 48.8 Å². The van der Waals surface area contributed by atoms with Gasteiger partial charge in [-0.15, -0.1) is 0 Å². The molecule has 0 aliphatic rings. The first-order chi connectivity index (χ1) is 16.0. The van der Waals surface area contributed by atoms with Crippen LogP contribution in [0, 0.1) is 19.7 Å². The molecule has 0 amide bonds. The van der Waals surface area contributed by atoms with Crippen LogP contribution in [0.4, 0.5) is 4.39 Å². The molecular formula is C23H21BrFN5O4. The van der Waals surface area contributed by atoms with Crippen LogP contribution >= 0.6 is 15.9 Å². The summed E-state index contributed by atoms with van der Waals surface area (Å²) in [6, 6.07) is 6.64. The lowest BCUT2D eigenvalue weighted by molar-refractivity contribution is 0.0686. The van der Waals surface area contributed by atoms with Crippen molar-refractivity contribution in [2.24, 2.45) is 0 Å². The molecule has 0 fully saturated rings. The number of oxazole rings is 1. The van der Waals surface area contributed by atoms with E-state index in [1.54, 1.807) is 38.1 Å². The number of aromatic nitrogens is 5. The Hall–Kier alpha value is -3.44. The van der Waals surface area contributed by atoms with Gasteiger partial charge in [-0.1, -0.05) is 12.1 Å². The Bertz CT molecular complexity index is 1430. The molecule has 1 N–H and O–H groups in total. The van der Waals surface area contributed by atoms with Crippen molar-refractivity contribution in [3.05, 3.63) is 80.6 Å². The fourth-order valence-corrected chi connectivity index (χ4v) is 3.64. The lowest BCUT2D eigenvalue weighted by Crippen LogP contribution is -2.24. The van der Waals surface area contributed by atoms with Crippen molar-refractivity contribution >= 4 is 15.9 Å². The largest absolute Gasteiger partial charge is 0.470 e. The van der Waals surface area contributed by atoms with Crippen LogP contribution in [0.3, 0.4) is 0 Å². The summed E-state index contributed by atoms with van der Waals surface area (Å²) in [5.74, 6) is 0.410. The number of rotatable bonds is 6. The minimum atomic E-state index is -1.34. The van der Waals surface area contributed by atoms with E-state index in [2.05, 4.69) is 35.9 Å². The highest BCUT2D eigenvalue weighted by atomic mass is 79.9. The van der Waals surface area contributed by atoms with Gasteiger partial charge in [-0.25, -0.2) is 19.3 Å². The standard InChI is InChI=1S/C23H21BrFN5O4/c1-12-27-20(34-11-15-10-33-13(2)28-15)18(24)21(31)30(12)16-7-5-6-14(8-16)19-17(25)9-26-22(29-19)23(3,4)32/h5-10,32H,11H2,1-4H3. The average molecular weight is 530 g/mol. The lowest BCUT2D eigenvalue weighted by Gasteiger charge is -2.17. The zero-order valence-corrected chi connectivity index (χ0v) is 20.4. The third-order valence-corrected chi connectivity index (χ3v) is 5.54. The van der Waals surface area contributed by atoms with Gasteiger partial charge in [0.2, 0.25) is 5.88 Å². The topological polar surface area (TPSA) is 116 Å². The number of ether oxygens (including phenoxy) is 1. The van der Waals surface area contributed by atoms with Crippen molar-refractivity contribution in [3.8, 4) is 22.8 Å². The van der Waals surface area contributed by atoms with E-state index in [0.717, 1.165) is 6.20 Å². The molecule has 34 heavy (non-hydrogen) atoms. The minimum absolute atomic E-state index is 0.00885. The fourth-order valence-electron chi connectivity index (χ4n) is 3.26. The third-order valence-electron chi connectivity index (χ3n) is 4.86. The van der Waals surface area contributed by atoms with Crippen molar-refractivity contribution in [3.63, 3.8) is 0 Å². The molecule has 0 saturated heterocycles. The van der Waals surface area contributed by atoms with E-state index in [1.165, 1.54) is 24.7 Å². The Morgan fingerprint density at radius 2 is 2.00 bits per heavy atom. The molecule has 0 spiro atoms. The van der Waals surface area contributed by atoms with Crippen molar-refractivity contribution in [1.82, 2.24) is 24.5 Å². The van der Waals surface area contributed by atoms with E-state index < -0.39 is 17.0 Å². The summed E-state index contributed by atoms with van der Waals surface area (Å²) < 4.78 is 26.9. The van der Waals surface area contributed by atoms with E-state index in [1.807, 2.05) is 0 Å². The molecule has 0 aliphatic carbocycles. The SMILES string of the molecule is Cc1nc(COc2nc(C)n(-c3cccc(-c4nc(C(C)(C)O)ncc4F)c3)c(=O)c2Br)co1. The summed E-state index contributed by atoms with van der Waals surface area (Å²) in [5, 5.41) is 10.2. The number of hydrogen-bond donors (Lipinski definition) is 1. The summed E-state index contributed by atoms with van der Waals surface area (Å²) in [4.78, 5) is 29.8.